The van der Waals surface area contributed by atoms with Gasteiger partial charge in [-0.2, -0.15) is 0 Å². The second-order valence-corrected chi connectivity index (χ2v) is 7.35. The van der Waals surface area contributed by atoms with Gasteiger partial charge in [0.2, 0.25) is 11.8 Å². The second kappa shape index (κ2) is 9.25. The minimum absolute atomic E-state index is 0.0486. The van der Waals surface area contributed by atoms with Crippen molar-refractivity contribution in [1.29, 1.82) is 0 Å². The van der Waals surface area contributed by atoms with Crippen molar-refractivity contribution in [3.63, 3.8) is 0 Å². The molecule has 2 fully saturated rings. The fourth-order valence-corrected chi connectivity index (χ4v) is 3.74. The molecule has 0 bridgehead atoms. The summed E-state index contributed by atoms with van der Waals surface area (Å²) in [5.74, 6) is 1.30. The smallest absolute Gasteiger partial charge is 0.237 e. The summed E-state index contributed by atoms with van der Waals surface area (Å²) >= 11 is 0. The Hall–Kier alpha value is -2.32. The Bertz CT molecular complexity index is 703. The predicted molar refractivity (Wildman–Crippen MR) is 105 cm³/mol. The third kappa shape index (κ3) is 4.74. The van der Waals surface area contributed by atoms with Gasteiger partial charge in [0, 0.05) is 45.8 Å². The van der Waals surface area contributed by atoms with Crippen LogP contribution in [0.2, 0.25) is 0 Å². The monoisotopic (exact) mass is 390 g/mol. The zero-order valence-electron chi connectivity index (χ0n) is 16.9. The number of methoxy groups -OCH3 is 2. The lowest BCUT2D eigenvalue weighted by atomic mass is 10.1. The Morgan fingerprint density at radius 1 is 1.11 bits per heavy atom. The number of ether oxygens (including phenoxy) is 2. The molecule has 0 saturated carbocycles. The lowest BCUT2D eigenvalue weighted by Gasteiger charge is -2.37. The standard InChI is InChI=1S/C20H30N4O4/c1-22-8-10-23(11-9-22)19(25)13-16-20(26)21-6-7-24(16)14-15-4-5-17(27-2)18(12-15)28-3/h4-5,12,16H,6-11,13-14H2,1-3H3,(H,21,26)/t16-/m0/s1. The number of amides is 2. The number of benzene rings is 1. The summed E-state index contributed by atoms with van der Waals surface area (Å²) in [5, 5.41) is 2.90. The van der Waals surface area contributed by atoms with E-state index in [0.717, 1.165) is 31.7 Å². The molecule has 0 radical (unpaired) electrons. The number of rotatable bonds is 6. The maximum Gasteiger partial charge on any atom is 0.237 e. The van der Waals surface area contributed by atoms with Gasteiger partial charge >= 0.3 is 0 Å². The highest BCUT2D eigenvalue weighted by atomic mass is 16.5. The van der Waals surface area contributed by atoms with E-state index >= 15 is 0 Å². The van der Waals surface area contributed by atoms with Gasteiger partial charge in [-0.15, -0.1) is 0 Å². The molecule has 2 aliphatic rings. The van der Waals surface area contributed by atoms with Crippen LogP contribution in [0.4, 0.5) is 0 Å². The van der Waals surface area contributed by atoms with Crippen LogP contribution >= 0.6 is 0 Å². The SMILES string of the molecule is COc1ccc(CN2CCNC(=O)[C@@H]2CC(=O)N2CCN(C)CC2)cc1OC. The molecule has 0 aromatic heterocycles. The van der Waals surface area contributed by atoms with Crippen molar-refractivity contribution in [3.05, 3.63) is 23.8 Å². The van der Waals surface area contributed by atoms with Gasteiger partial charge in [0.25, 0.3) is 0 Å². The number of nitrogens with one attached hydrogen (secondary N) is 1. The normalized spacial score (nSPS) is 21.3. The molecule has 154 valence electrons. The van der Waals surface area contributed by atoms with E-state index in [1.165, 1.54) is 0 Å². The van der Waals surface area contributed by atoms with E-state index in [-0.39, 0.29) is 18.2 Å². The van der Waals surface area contributed by atoms with E-state index in [1.807, 2.05) is 23.1 Å². The number of nitrogens with zero attached hydrogens (tertiary/aromatic N) is 3. The van der Waals surface area contributed by atoms with Gasteiger partial charge in [0.1, 0.15) is 0 Å². The van der Waals surface area contributed by atoms with Crippen LogP contribution in [0.3, 0.4) is 0 Å². The molecule has 3 rings (SSSR count). The highest BCUT2D eigenvalue weighted by molar-refractivity contribution is 5.88. The van der Waals surface area contributed by atoms with Crippen molar-refractivity contribution in [1.82, 2.24) is 20.0 Å². The van der Waals surface area contributed by atoms with Crippen molar-refractivity contribution < 1.29 is 19.1 Å². The van der Waals surface area contributed by atoms with E-state index < -0.39 is 6.04 Å². The van der Waals surface area contributed by atoms with Crippen LogP contribution in [-0.2, 0) is 16.1 Å². The molecule has 0 spiro atoms. The average Bonchev–Trinajstić information content (AvgIpc) is 2.70. The molecule has 2 aliphatic heterocycles. The minimum Gasteiger partial charge on any atom is -0.493 e. The first-order valence-electron chi connectivity index (χ1n) is 9.70. The first kappa shape index (κ1) is 20.4. The fraction of sp³-hybridized carbons (Fsp3) is 0.600. The average molecular weight is 390 g/mol. The first-order valence-corrected chi connectivity index (χ1v) is 9.70. The highest BCUT2D eigenvalue weighted by Gasteiger charge is 2.33. The first-order chi connectivity index (χ1) is 13.5. The van der Waals surface area contributed by atoms with Gasteiger partial charge in [-0.05, 0) is 24.7 Å². The topological polar surface area (TPSA) is 74.4 Å². The minimum atomic E-state index is -0.450. The summed E-state index contributed by atoms with van der Waals surface area (Å²) in [6.07, 6.45) is 0.211. The summed E-state index contributed by atoms with van der Waals surface area (Å²) in [6.45, 7) is 5.06. The van der Waals surface area contributed by atoms with E-state index in [2.05, 4.69) is 22.2 Å². The number of piperazine rings is 2. The van der Waals surface area contributed by atoms with Crippen LogP contribution in [0.25, 0.3) is 0 Å². The molecule has 2 saturated heterocycles. The summed E-state index contributed by atoms with van der Waals surface area (Å²) < 4.78 is 10.7. The van der Waals surface area contributed by atoms with E-state index in [4.69, 9.17) is 9.47 Å². The van der Waals surface area contributed by atoms with Crippen molar-refractivity contribution in [2.24, 2.45) is 0 Å². The van der Waals surface area contributed by atoms with Gasteiger partial charge in [-0.3, -0.25) is 14.5 Å². The Kier molecular flexibility index (Phi) is 6.74. The Labute approximate surface area is 166 Å². The number of likely N-dealkylation sites (N-methyl/N-ethyl adjacent to an activating group) is 1. The van der Waals surface area contributed by atoms with Crippen molar-refractivity contribution in [2.45, 2.75) is 19.0 Å². The lowest BCUT2D eigenvalue weighted by Crippen LogP contribution is -2.57. The van der Waals surface area contributed by atoms with Crippen LogP contribution in [-0.4, -0.2) is 93.1 Å². The van der Waals surface area contributed by atoms with Crippen LogP contribution < -0.4 is 14.8 Å². The molecule has 0 aliphatic carbocycles. The molecule has 8 nitrogen and oxygen atoms in total. The fourth-order valence-electron chi connectivity index (χ4n) is 3.74. The molecule has 8 heteroatoms. The maximum absolute atomic E-state index is 12.8. The molecule has 1 N–H and O–H groups in total. The largest absolute Gasteiger partial charge is 0.493 e. The molecule has 2 heterocycles. The van der Waals surface area contributed by atoms with Gasteiger partial charge in [-0.25, -0.2) is 0 Å². The highest BCUT2D eigenvalue weighted by Crippen LogP contribution is 2.28. The quantitative estimate of drug-likeness (QED) is 0.746. The number of hydrogen-bond donors (Lipinski definition) is 1. The molecule has 0 unspecified atom stereocenters. The molecule has 2 amide bonds. The van der Waals surface area contributed by atoms with Crippen LogP contribution in [0, 0.1) is 0 Å². The number of carbonyl (C=O) groups is 2. The summed E-state index contributed by atoms with van der Waals surface area (Å²) in [5.41, 5.74) is 1.02. The summed E-state index contributed by atoms with van der Waals surface area (Å²) in [4.78, 5) is 31.4. The molecule has 1 aromatic rings. The van der Waals surface area contributed by atoms with Crippen molar-refractivity contribution >= 4 is 11.8 Å². The lowest BCUT2D eigenvalue weighted by molar-refractivity contribution is -0.140. The zero-order chi connectivity index (χ0) is 20.1. The zero-order valence-corrected chi connectivity index (χ0v) is 16.9. The summed E-state index contributed by atoms with van der Waals surface area (Å²) in [6, 6.07) is 5.30. The van der Waals surface area contributed by atoms with Gasteiger partial charge < -0.3 is 24.6 Å². The predicted octanol–water partition coefficient (Wildman–Crippen LogP) is 0.168. The number of carbonyl (C=O) groups excluding carboxylic acids is 2. The maximum atomic E-state index is 12.8. The third-order valence-electron chi connectivity index (χ3n) is 5.50. The Morgan fingerprint density at radius 2 is 1.82 bits per heavy atom. The Morgan fingerprint density at radius 3 is 2.50 bits per heavy atom. The number of hydrogen-bond acceptors (Lipinski definition) is 6. The van der Waals surface area contributed by atoms with Crippen LogP contribution in [0.5, 0.6) is 11.5 Å². The Balaban J connectivity index is 1.68. The van der Waals surface area contributed by atoms with Crippen molar-refractivity contribution in [3.8, 4) is 11.5 Å². The molecule has 1 atom stereocenters. The molecular formula is C20H30N4O4. The molecule has 1 aromatic carbocycles. The van der Waals surface area contributed by atoms with E-state index in [1.54, 1.807) is 14.2 Å². The molecular weight excluding hydrogens is 360 g/mol. The van der Waals surface area contributed by atoms with Gasteiger partial charge in [-0.1, -0.05) is 6.07 Å². The van der Waals surface area contributed by atoms with Gasteiger partial charge in [0.15, 0.2) is 11.5 Å². The van der Waals surface area contributed by atoms with E-state index in [0.29, 0.717) is 31.1 Å². The third-order valence-corrected chi connectivity index (χ3v) is 5.50. The second-order valence-electron chi connectivity index (χ2n) is 7.35. The van der Waals surface area contributed by atoms with E-state index in [9.17, 15) is 9.59 Å². The molecule has 28 heavy (non-hydrogen) atoms. The van der Waals surface area contributed by atoms with Crippen LogP contribution in [0.15, 0.2) is 18.2 Å². The van der Waals surface area contributed by atoms with Crippen molar-refractivity contribution in [2.75, 3.05) is 60.5 Å². The van der Waals surface area contributed by atoms with Crippen LogP contribution in [0.1, 0.15) is 12.0 Å². The van der Waals surface area contributed by atoms with Gasteiger partial charge in [0.05, 0.1) is 26.7 Å². The summed E-state index contributed by atoms with van der Waals surface area (Å²) in [7, 11) is 5.27.